The Balaban J connectivity index is 2.91. The van der Waals surface area contributed by atoms with Crippen molar-refractivity contribution in [2.45, 2.75) is 52.7 Å². The standard InChI is InChI=1S/C15H25NO/c1-5-9-14(16-6-2)13-10-7-8-11-15(13)17-12(3)4/h7-8,10-12,14,16H,5-6,9H2,1-4H3. The average molecular weight is 235 g/mol. The van der Waals surface area contributed by atoms with Gasteiger partial charge in [-0.1, -0.05) is 38.5 Å². The van der Waals surface area contributed by atoms with Gasteiger partial charge in [0.1, 0.15) is 5.75 Å². The van der Waals surface area contributed by atoms with Crippen LogP contribution in [0.1, 0.15) is 52.1 Å². The van der Waals surface area contributed by atoms with Crippen LogP contribution in [0, 0.1) is 0 Å². The number of ether oxygens (including phenoxy) is 1. The largest absolute Gasteiger partial charge is 0.491 e. The zero-order valence-corrected chi connectivity index (χ0v) is 11.5. The van der Waals surface area contributed by atoms with Gasteiger partial charge in [-0.05, 0) is 32.9 Å². The highest BCUT2D eigenvalue weighted by molar-refractivity contribution is 5.36. The average Bonchev–Trinajstić information content (AvgIpc) is 2.29. The summed E-state index contributed by atoms with van der Waals surface area (Å²) in [5, 5.41) is 3.53. The van der Waals surface area contributed by atoms with E-state index in [2.05, 4.69) is 51.2 Å². The SMILES string of the molecule is CCCC(NCC)c1ccccc1OC(C)C. The molecule has 0 aliphatic heterocycles. The molecule has 1 N–H and O–H groups in total. The third-order valence-electron chi connectivity index (χ3n) is 2.68. The lowest BCUT2D eigenvalue weighted by atomic mass is 10.0. The Morgan fingerprint density at radius 2 is 1.88 bits per heavy atom. The third kappa shape index (κ3) is 4.39. The summed E-state index contributed by atoms with van der Waals surface area (Å²) in [5.41, 5.74) is 1.28. The Kier molecular flexibility index (Phi) is 6.06. The van der Waals surface area contributed by atoms with E-state index in [1.165, 1.54) is 12.0 Å². The molecule has 0 aliphatic carbocycles. The zero-order chi connectivity index (χ0) is 12.7. The van der Waals surface area contributed by atoms with E-state index in [1.54, 1.807) is 0 Å². The summed E-state index contributed by atoms with van der Waals surface area (Å²) in [7, 11) is 0. The van der Waals surface area contributed by atoms with Crippen LogP contribution in [-0.2, 0) is 0 Å². The van der Waals surface area contributed by atoms with E-state index in [0.29, 0.717) is 6.04 Å². The first kappa shape index (κ1) is 14.0. The number of rotatable bonds is 7. The molecule has 0 saturated heterocycles. The van der Waals surface area contributed by atoms with E-state index in [9.17, 15) is 0 Å². The molecular formula is C15H25NO. The molecule has 0 radical (unpaired) electrons. The lowest BCUT2D eigenvalue weighted by molar-refractivity contribution is 0.237. The van der Waals surface area contributed by atoms with Gasteiger partial charge in [0.2, 0.25) is 0 Å². The van der Waals surface area contributed by atoms with Crippen molar-refractivity contribution in [3.05, 3.63) is 29.8 Å². The number of hydrogen-bond acceptors (Lipinski definition) is 2. The van der Waals surface area contributed by atoms with Crippen molar-refractivity contribution in [2.75, 3.05) is 6.54 Å². The molecule has 0 saturated carbocycles. The Morgan fingerprint density at radius 3 is 2.47 bits per heavy atom. The van der Waals surface area contributed by atoms with Gasteiger partial charge in [-0.2, -0.15) is 0 Å². The predicted molar refractivity (Wildman–Crippen MR) is 73.5 cm³/mol. The van der Waals surface area contributed by atoms with E-state index in [4.69, 9.17) is 4.74 Å². The highest BCUT2D eigenvalue weighted by Crippen LogP contribution is 2.28. The lowest BCUT2D eigenvalue weighted by Gasteiger charge is -2.22. The van der Waals surface area contributed by atoms with Gasteiger partial charge in [0.05, 0.1) is 6.10 Å². The molecule has 0 amide bonds. The minimum atomic E-state index is 0.222. The fourth-order valence-corrected chi connectivity index (χ4v) is 2.03. The Bertz CT molecular complexity index is 316. The maximum absolute atomic E-state index is 5.88. The molecule has 1 atom stereocenters. The van der Waals surface area contributed by atoms with Gasteiger partial charge in [-0.25, -0.2) is 0 Å². The highest BCUT2D eigenvalue weighted by Gasteiger charge is 2.14. The van der Waals surface area contributed by atoms with E-state index >= 15 is 0 Å². The summed E-state index contributed by atoms with van der Waals surface area (Å²) in [6.45, 7) is 9.49. The van der Waals surface area contributed by atoms with Crippen molar-refractivity contribution in [1.29, 1.82) is 0 Å². The van der Waals surface area contributed by atoms with Gasteiger partial charge in [-0.15, -0.1) is 0 Å². The molecule has 1 aromatic rings. The molecule has 96 valence electrons. The van der Waals surface area contributed by atoms with Crippen molar-refractivity contribution in [1.82, 2.24) is 5.32 Å². The topological polar surface area (TPSA) is 21.3 Å². The molecule has 1 aromatic carbocycles. The molecular weight excluding hydrogens is 210 g/mol. The molecule has 0 aromatic heterocycles. The van der Waals surface area contributed by atoms with Crippen molar-refractivity contribution in [2.24, 2.45) is 0 Å². The zero-order valence-electron chi connectivity index (χ0n) is 11.5. The number of para-hydroxylation sites is 1. The van der Waals surface area contributed by atoms with Gasteiger partial charge in [0, 0.05) is 11.6 Å². The molecule has 2 heteroatoms. The lowest BCUT2D eigenvalue weighted by Crippen LogP contribution is -2.22. The molecule has 1 rings (SSSR count). The molecule has 0 spiro atoms. The van der Waals surface area contributed by atoms with Gasteiger partial charge in [-0.3, -0.25) is 0 Å². The van der Waals surface area contributed by atoms with E-state index < -0.39 is 0 Å². The molecule has 0 heterocycles. The van der Waals surface area contributed by atoms with Gasteiger partial charge in [0.25, 0.3) is 0 Å². The van der Waals surface area contributed by atoms with E-state index in [1.807, 2.05) is 6.07 Å². The molecule has 1 unspecified atom stereocenters. The third-order valence-corrected chi connectivity index (χ3v) is 2.68. The molecule has 0 fully saturated rings. The fourth-order valence-electron chi connectivity index (χ4n) is 2.03. The second kappa shape index (κ2) is 7.33. The van der Waals surface area contributed by atoms with Crippen LogP contribution in [0.25, 0.3) is 0 Å². The fraction of sp³-hybridized carbons (Fsp3) is 0.600. The second-order valence-electron chi connectivity index (χ2n) is 4.60. The van der Waals surface area contributed by atoms with Gasteiger partial charge < -0.3 is 10.1 Å². The second-order valence-corrected chi connectivity index (χ2v) is 4.60. The van der Waals surface area contributed by atoms with Crippen molar-refractivity contribution in [3.8, 4) is 5.75 Å². The first-order valence-electron chi connectivity index (χ1n) is 6.68. The van der Waals surface area contributed by atoms with Crippen LogP contribution in [0.2, 0.25) is 0 Å². The maximum atomic E-state index is 5.88. The van der Waals surface area contributed by atoms with Crippen LogP contribution in [0.3, 0.4) is 0 Å². The van der Waals surface area contributed by atoms with Crippen LogP contribution in [0.15, 0.2) is 24.3 Å². The monoisotopic (exact) mass is 235 g/mol. The summed E-state index contributed by atoms with van der Waals surface area (Å²) in [4.78, 5) is 0. The Hall–Kier alpha value is -1.02. The summed E-state index contributed by atoms with van der Waals surface area (Å²) in [5.74, 6) is 1.02. The van der Waals surface area contributed by atoms with Crippen LogP contribution >= 0.6 is 0 Å². The number of hydrogen-bond donors (Lipinski definition) is 1. The van der Waals surface area contributed by atoms with Crippen LogP contribution in [0.5, 0.6) is 5.75 Å². The molecule has 0 bridgehead atoms. The minimum absolute atomic E-state index is 0.222. The van der Waals surface area contributed by atoms with E-state index in [-0.39, 0.29) is 6.10 Å². The summed E-state index contributed by atoms with van der Waals surface area (Å²) < 4.78 is 5.88. The van der Waals surface area contributed by atoms with Gasteiger partial charge in [0.15, 0.2) is 0 Å². The maximum Gasteiger partial charge on any atom is 0.124 e. The number of benzene rings is 1. The summed E-state index contributed by atoms with van der Waals surface area (Å²) in [6.07, 6.45) is 2.54. The van der Waals surface area contributed by atoms with Crippen LogP contribution < -0.4 is 10.1 Å². The van der Waals surface area contributed by atoms with Gasteiger partial charge >= 0.3 is 0 Å². The minimum Gasteiger partial charge on any atom is -0.491 e. The smallest absolute Gasteiger partial charge is 0.124 e. The molecule has 2 nitrogen and oxygen atoms in total. The molecule has 17 heavy (non-hydrogen) atoms. The Labute approximate surface area is 105 Å². The van der Waals surface area contributed by atoms with Crippen molar-refractivity contribution < 1.29 is 4.74 Å². The van der Waals surface area contributed by atoms with Crippen LogP contribution in [-0.4, -0.2) is 12.6 Å². The quantitative estimate of drug-likeness (QED) is 0.773. The van der Waals surface area contributed by atoms with Crippen molar-refractivity contribution in [3.63, 3.8) is 0 Å². The number of nitrogens with one attached hydrogen (secondary N) is 1. The van der Waals surface area contributed by atoms with Crippen molar-refractivity contribution >= 4 is 0 Å². The first-order valence-corrected chi connectivity index (χ1v) is 6.68. The van der Waals surface area contributed by atoms with E-state index in [0.717, 1.165) is 18.7 Å². The summed E-state index contributed by atoms with van der Waals surface area (Å²) >= 11 is 0. The summed E-state index contributed by atoms with van der Waals surface area (Å²) in [6, 6.07) is 8.76. The highest BCUT2D eigenvalue weighted by atomic mass is 16.5. The normalized spacial score (nSPS) is 12.8. The first-order chi connectivity index (χ1) is 8.19. The Morgan fingerprint density at radius 1 is 1.18 bits per heavy atom. The van der Waals surface area contributed by atoms with Crippen LogP contribution in [0.4, 0.5) is 0 Å². The predicted octanol–water partition coefficient (Wildman–Crippen LogP) is 3.92. The molecule has 0 aliphatic rings.